The molecule has 0 bridgehead atoms. The van der Waals surface area contributed by atoms with Crippen LogP contribution in [-0.4, -0.2) is 47.7 Å². The maximum atomic E-state index is 9.14. The lowest BCUT2D eigenvalue weighted by Gasteiger charge is -2.38. The van der Waals surface area contributed by atoms with Crippen LogP contribution in [0.2, 0.25) is 0 Å². The fourth-order valence-electron chi connectivity index (χ4n) is 4.07. The Kier molecular flexibility index (Phi) is 4.68. The summed E-state index contributed by atoms with van der Waals surface area (Å²) in [6.07, 6.45) is 7.00. The van der Waals surface area contributed by atoms with Gasteiger partial charge in [-0.2, -0.15) is 5.26 Å². The van der Waals surface area contributed by atoms with E-state index in [0.717, 1.165) is 57.3 Å². The van der Waals surface area contributed by atoms with Crippen LogP contribution in [0.5, 0.6) is 0 Å². The Balaban J connectivity index is 1.38. The molecular formula is C22H24N6O. The summed E-state index contributed by atoms with van der Waals surface area (Å²) in [6, 6.07) is 10.0. The fraction of sp³-hybridized carbons (Fsp3) is 0.409. The first-order chi connectivity index (χ1) is 14.3. The molecule has 0 saturated carbocycles. The second-order valence-corrected chi connectivity index (χ2v) is 7.83. The highest BCUT2D eigenvalue weighted by molar-refractivity contribution is 5.59. The highest BCUT2D eigenvalue weighted by Crippen LogP contribution is 2.34. The first-order valence-corrected chi connectivity index (χ1v) is 10.2. The summed E-state index contributed by atoms with van der Waals surface area (Å²) in [5.41, 5.74) is 3.24. The summed E-state index contributed by atoms with van der Waals surface area (Å²) in [6.45, 7) is 5.00. The fourth-order valence-corrected chi connectivity index (χ4v) is 4.07. The Morgan fingerprint density at radius 2 is 1.90 bits per heavy atom. The minimum Gasteiger partial charge on any atom is -0.493 e. The van der Waals surface area contributed by atoms with E-state index in [0.29, 0.717) is 17.3 Å². The zero-order chi connectivity index (χ0) is 19.6. The summed E-state index contributed by atoms with van der Waals surface area (Å²) >= 11 is 0. The summed E-state index contributed by atoms with van der Waals surface area (Å²) in [7, 11) is 0. The molecule has 0 amide bonds. The Labute approximate surface area is 170 Å². The average molecular weight is 388 g/mol. The molecule has 0 atom stereocenters. The Morgan fingerprint density at radius 1 is 1.07 bits per heavy atom. The second kappa shape index (κ2) is 7.63. The highest BCUT2D eigenvalue weighted by Gasteiger charge is 2.26. The lowest BCUT2D eigenvalue weighted by atomic mass is 9.89. The zero-order valence-electron chi connectivity index (χ0n) is 16.3. The van der Waals surface area contributed by atoms with Crippen molar-refractivity contribution >= 4 is 17.5 Å². The van der Waals surface area contributed by atoms with Gasteiger partial charge in [0.1, 0.15) is 30.3 Å². The van der Waals surface area contributed by atoms with Gasteiger partial charge in [-0.1, -0.05) is 0 Å². The van der Waals surface area contributed by atoms with Crippen LogP contribution in [-0.2, 0) is 4.74 Å². The molecule has 2 fully saturated rings. The molecule has 29 heavy (non-hydrogen) atoms. The van der Waals surface area contributed by atoms with Gasteiger partial charge in [-0.05, 0) is 55.0 Å². The maximum absolute atomic E-state index is 9.14. The van der Waals surface area contributed by atoms with E-state index in [2.05, 4.69) is 38.3 Å². The van der Waals surface area contributed by atoms with Crippen LogP contribution in [0.3, 0.4) is 0 Å². The predicted octanol–water partition coefficient (Wildman–Crippen LogP) is 3.35. The van der Waals surface area contributed by atoms with Gasteiger partial charge in [0, 0.05) is 32.4 Å². The molecule has 2 aromatic heterocycles. The van der Waals surface area contributed by atoms with Crippen molar-refractivity contribution in [3.63, 3.8) is 0 Å². The smallest absolute Gasteiger partial charge is 0.134 e. The lowest BCUT2D eigenvalue weighted by Crippen LogP contribution is -2.38. The van der Waals surface area contributed by atoms with Crippen molar-refractivity contribution in [1.29, 1.82) is 5.26 Å². The monoisotopic (exact) mass is 388 g/mol. The van der Waals surface area contributed by atoms with Crippen molar-refractivity contribution < 1.29 is 4.74 Å². The van der Waals surface area contributed by atoms with Crippen LogP contribution in [0.1, 0.15) is 36.3 Å². The van der Waals surface area contributed by atoms with Gasteiger partial charge < -0.3 is 19.9 Å². The van der Waals surface area contributed by atoms with Gasteiger partial charge in [-0.3, -0.25) is 0 Å². The van der Waals surface area contributed by atoms with Gasteiger partial charge in [0.05, 0.1) is 17.3 Å². The van der Waals surface area contributed by atoms with Gasteiger partial charge in [0.25, 0.3) is 0 Å². The van der Waals surface area contributed by atoms with Gasteiger partial charge in [0.15, 0.2) is 0 Å². The third kappa shape index (κ3) is 3.70. The van der Waals surface area contributed by atoms with E-state index >= 15 is 0 Å². The molecule has 148 valence electrons. The zero-order valence-corrected chi connectivity index (χ0v) is 16.3. The normalized spacial score (nSPS) is 18.8. The molecule has 2 saturated heterocycles. The van der Waals surface area contributed by atoms with Gasteiger partial charge in [0.2, 0.25) is 0 Å². The van der Waals surface area contributed by atoms with E-state index in [1.807, 2.05) is 6.26 Å². The predicted molar refractivity (Wildman–Crippen MR) is 111 cm³/mol. The number of anilines is 3. The molecule has 0 aromatic carbocycles. The topological polar surface area (TPSA) is 77.3 Å². The van der Waals surface area contributed by atoms with Gasteiger partial charge in [-0.15, -0.1) is 0 Å². The van der Waals surface area contributed by atoms with Crippen molar-refractivity contribution in [2.75, 3.05) is 43.0 Å². The molecule has 5 rings (SSSR count). The molecule has 5 heterocycles. The SMILES string of the molecule is N#Cc1ccnc(Nc2cc(C3CCN(C4=COC4)CC3)cc(N3CCC3)n2)c1. The molecule has 2 aromatic rings. The Bertz CT molecular complexity index is 970. The summed E-state index contributed by atoms with van der Waals surface area (Å²) in [5, 5.41) is 12.4. The van der Waals surface area contributed by atoms with Crippen LogP contribution >= 0.6 is 0 Å². The van der Waals surface area contributed by atoms with Crippen LogP contribution in [0.4, 0.5) is 17.5 Å². The largest absolute Gasteiger partial charge is 0.493 e. The van der Waals surface area contributed by atoms with E-state index in [9.17, 15) is 0 Å². The standard InChI is InChI=1S/C22H24N6O/c23-13-16-2-5-24-20(10-16)25-21-11-18(12-22(26-21)28-6-1-7-28)17-3-8-27(9-4-17)19-14-29-15-19/h2,5,10-12,14,17H,1,3-4,6-9,15H2,(H,24,25,26). The molecule has 3 aliphatic rings. The first-order valence-electron chi connectivity index (χ1n) is 10.2. The molecule has 0 unspecified atom stereocenters. The third-order valence-corrected chi connectivity index (χ3v) is 5.98. The number of piperidine rings is 1. The van der Waals surface area contributed by atoms with Crippen LogP contribution in [0.15, 0.2) is 42.4 Å². The van der Waals surface area contributed by atoms with Crippen LogP contribution in [0.25, 0.3) is 0 Å². The lowest BCUT2D eigenvalue weighted by molar-refractivity contribution is 0.139. The quantitative estimate of drug-likeness (QED) is 0.841. The highest BCUT2D eigenvalue weighted by atomic mass is 16.5. The number of rotatable bonds is 5. The molecule has 0 radical (unpaired) electrons. The minimum absolute atomic E-state index is 0.523. The van der Waals surface area contributed by atoms with E-state index in [1.165, 1.54) is 17.7 Å². The van der Waals surface area contributed by atoms with Crippen molar-refractivity contribution in [3.8, 4) is 6.07 Å². The molecule has 3 aliphatic heterocycles. The maximum Gasteiger partial charge on any atom is 0.134 e. The second-order valence-electron chi connectivity index (χ2n) is 7.83. The van der Waals surface area contributed by atoms with Gasteiger partial charge >= 0.3 is 0 Å². The molecule has 0 aliphatic carbocycles. The van der Waals surface area contributed by atoms with Crippen molar-refractivity contribution in [2.45, 2.75) is 25.2 Å². The molecule has 0 spiro atoms. The minimum atomic E-state index is 0.523. The number of hydrogen-bond donors (Lipinski definition) is 1. The molecule has 7 nitrogen and oxygen atoms in total. The van der Waals surface area contributed by atoms with E-state index < -0.39 is 0 Å². The van der Waals surface area contributed by atoms with E-state index in [-0.39, 0.29) is 0 Å². The third-order valence-electron chi connectivity index (χ3n) is 5.98. The number of ether oxygens (including phenoxy) is 1. The van der Waals surface area contributed by atoms with Crippen molar-refractivity contribution in [2.24, 2.45) is 0 Å². The number of nitrogens with one attached hydrogen (secondary N) is 1. The number of nitriles is 1. The summed E-state index contributed by atoms with van der Waals surface area (Å²) in [4.78, 5) is 13.9. The molecule has 1 N–H and O–H groups in total. The number of pyridine rings is 2. The van der Waals surface area contributed by atoms with E-state index in [1.54, 1.807) is 18.3 Å². The summed E-state index contributed by atoms with van der Waals surface area (Å²) < 4.78 is 5.20. The van der Waals surface area contributed by atoms with Crippen molar-refractivity contribution in [3.05, 3.63) is 53.5 Å². The number of aromatic nitrogens is 2. The van der Waals surface area contributed by atoms with Gasteiger partial charge in [-0.25, -0.2) is 9.97 Å². The number of likely N-dealkylation sites (tertiary alicyclic amines) is 1. The van der Waals surface area contributed by atoms with Crippen LogP contribution in [0, 0.1) is 11.3 Å². The molecular weight excluding hydrogens is 364 g/mol. The Morgan fingerprint density at radius 3 is 2.55 bits per heavy atom. The number of hydrogen-bond acceptors (Lipinski definition) is 7. The van der Waals surface area contributed by atoms with Crippen molar-refractivity contribution in [1.82, 2.24) is 14.9 Å². The summed E-state index contributed by atoms with van der Waals surface area (Å²) in [5.74, 6) is 3.00. The molecule has 7 heteroatoms. The number of nitrogens with zero attached hydrogens (tertiary/aromatic N) is 5. The van der Waals surface area contributed by atoms with Crippen LogP contribution < -0.4 is 10.2 Å². The first kappa shape index (κ1) is 17.8. The Hall–Kier alpha value is -3.27. The van der Waals surface area contributed by atoms with E-state index in [4.69, 9.17) is 15.0 Å². The average Bonchev–Trinajstić information content (AvgIpc) is 2.66.